The van der Waals surface area contributed by atoms with Crippen molar-refractivity contribution in [2.24, 2.45) is 57.2 Å². The van der Waals surface area contributed by atoms with E-state index < -0.39 is 0 Å². The third-order valence-electron chi connectivity index (χ3n) is 13.1. The highest BCUT2D eigenvalue weighted by Gasteiger charge is 2.81. The highest BCUT2D eigenvalue weighted by atomic mass is 16.1. The lowest BCUT2D eigenvalue weighted by atomic mass is 9.43. The molecule has 0 N–H and O–H groups in total. The Labute approximate surface area is 192 Å². The maximum absolute atomic E-state index is 12.5. The van der Waals surface area contributed by atoms with Gasteiger partial charge in [-0.2, -0.15) is 0 Å². The van der Waals surface area contributed by atoms with Gasteiger partial charge >= 0.3 is 0 Å². The number of hydrogen-bond donors (Lipinski definition) is 0. The van der Waals surface area contributed by atoms with Crippen molar-refractivity contribution in [3.63, 3.8) is 0 Å². The Morgan fingerprint density at radius 2 is 1.74 bits per heavy atom. The molecular weight excluding hydrogens is 376 g/mol. The number of fused-ring (bicyclic) bond motifs is 2. The molecule has 0 amide bonds. The number of rotatable bonds is 5. The van der Waals surface area contributed by atoms with E-state index in [2.05, 4.69) is 48.1 Å². The Kier molecular flexibility index (Phi) is 4.99. The zero-order valence-corrected chi connectivity index (χ0v) is 21.4. The third-order valence-corrected chi connectivity index (χ3v) is 13.1. The zero-order valence-electron chi connectivity index (χ0n) is 21.4. The lowest BCUT2D eigenvalue weighted by molar-refractivity contribution is -0.146. The van der Waals surface area contributed by atoms with Gasteiger partial charge in [0.2, 0.25) is 0 Å². The van der Waals surface area contributed by atoms with Gasteiger partial charge in [-0.15, -0.1) is 0 Å². The fourth-order valence-electron chi connectivity index (χ4n) is 10.8. The summed E-state index contributed by atoms with van der Waals surface area (Å²) in [5, 5.41) is 0. The van der Waals surface area contributed by atoms with E-state index in [0.717, 1.165) is 24.2 Å². The lowest BCUT2D eigenvalue weighted by Gasteiger charge is -2.61. The summed E-state index contributed by atoms with van der Waals surface area (Å²) in [6.45, 7) is 19.0. The molecule has 5 fully saturated rings. The van der Waals surface area contributed by atoms with Crippen molar-refractivity contribution < 1.29 is 4.79 Å². The maximum atomic E-state index is 12.5. The van der Waals surface area contributed by atoms with Crippen molar-refractivity contribution in [3.8, 4) is 0 Å². The molecule has 2 spiro atoms. The first-order valence-electron chi connectivity index (χ1n) is 13.7. The summed E-state index contributed by atoms with van der Waals surface area (Å²) in [5.74, 6) is 4.92. The summed E-state index contributed by atoms with van der Waals surface area (Å²) in [6, 6.07) is 0. The van der Waals surface area contributed by atoms with Gasteiger partial charge in [-0.25, -0.2) is 0 Å². The number of carbonyl (C=O) groups excluding carboxylic acids is 1. The standard InChI is InChI=1S/C30H48O/c1-19(2)20(3)8-9-21(4)23-12-14-28(7)26-11-10-24-22(5)25(31)13-15-29(24)18-30(26,29)17-16-27(23,28)6/h20-24,26H,1,8-18H2,2-7H3. The second kappa shape index (κ2) is 6.96. The molecule has 0 saturated heterocycles. The van der Waals surface area contributed by atoms with Crippen LogP contribution >= 0.6 is 0 Å². The highest BCUT2D eigenvalue weighted by Crippen LogP contribution is 2.88. The first-order valence-corrected chi connectivity index (χ1v) is 13.7. The largest absolute Gasteiger partial charge is 0.299 e. The molecule has 5 aliphatic carbocycles. The number of Topliss-reactive ketones (excluding diaryl/α,β-unsaturated/α-hetero) is 1. The SMILES string of the molecule is C=C(C)C(C)CCC(C)C1CCC2(C)C3CCC4C(C)C(=O)CCC45CC35CCC12C. The molecule has 174 valence electrons. The van der Waals surface area contributed by atoms with Crippen LogP contribution in [0, 0.1) is 57.2 Å². The van der Waals surface area contributed by atoms with E-state index in [-0.39, 0.29) is 0 Å². The Balaban J connectivity index is 1.38. The second-order valence-electron chi connectivity index (χ2n) is 13.8. The van der Waals surface area contributed by atoms with Crippen molar-refractivity contribution in [1.82, 2.24) is 0 Å². The van der Waals surface area contributed by atoms with E-state index in [0.29, 0.717) is 45.2 Å². The van der Waals surface area contributed by atoms with Crippen LogP contribution in [0.15, 0.2) is 12.2 Å². The molecule has 10 unspecified atom stereocenters. The van der Waals surface area contributed by atoms with Crippen LogP contribution < -0.4 is 0 Å². The van der Waals surface area contributed by atoms with Crippen LogP contribution in [-0.4, -0.2) is 5.78 Å². The van der Waals surface area contributed by atoms with E-state index in [9.17, 15) is 4.79 Å². The summed E-state index contributed by atoms with van der Waals surface area (Å²) in [6.07, 6.45) is 14.8. The van der Waals surface area contributed by atoms with E-state index in [1.807, 2.05) is 0 Å². The van der Waals surface area contributed by atoms with Crippen molar-refractivity contribution in [2.75, 3.05) is 0 Å². The molecule has 0 aromatic carbocycles. The summed E-state index contributed by atoms with van der Waals surface area (Å²) < 4.78 is 0. The van der Waals surface area contributed by atoms with Gasteiger partial charge in [-0.3, -0.25) is 4.79 Å². The fraction of sp³-hybridized carbons (Fsp3) is 0.900. The predicted octanol–water partition coefficient (Wildman–Crippen LogP) is 8.23. The molecule has 0 radical (unpaired) electrons. The topological polar surface area (TPSA) is 17.1 Å². The van der Waals surface area contributed by atoms with Gasteiger partial charge in [-0.05, 0) is 122 Å². The van der Waals surface area contributed by atoms with Crippen LogP contribution in [0.3, 0.4) is 0 Å². The third kappa shape index (κ3) is 2.70. The maximum Gasteiger partial charge on any atom is 0.136 e. The first-order chi connectivity index (χ1) is 14.5. The van der Waals surface area contributed by atoms with E-state index >= 15 is 0 Å². The molecule has 5 rings (SSSR count). The van der Waals surface area contributed by atoms with Crippen LogP contribution in [0.5, 0.6) is 0 Å². The summed E-state index contributed by atoms with van der Waals surface area (Å²) in [4.78, 5) is 12.5. The predicted molar refractivity (Wildman–Crippen MR) is 130 cm³/mol. The van der Waals surface area contributed by atoms with Gasteiger partial charge < -0.3 is 0 Å². The molecule has 1 heteroatoms. The minimum absolute atomic E-state index is 0.335. The Morgan fingerprint density at radius 1 is 1.00 bits per heavy atom. The average Bonchev–Trinajstić information content (AvgIpc) is 3.31. The molecule has 0 heterocycles. The Hall–Kier alpha value is -0.590. The quantitative estimate of drug-likeness (QED) is 0.406. The molecule has 0 bridgehead atoms. The first kappa shape index (κ1) is 22.2. The monoisotopic (exact) mass is 424 g/mol. The zero-order chi connectivity index (χ0) is 22.4. The number of hydrogen-bond acceptors (Lipinski definition) is 1. The smallest absolute Gasteiger partial charge is 0.136 e. The minimum Gasteiger partial charge on any atom is -0.299 e. The molecule has 0 aromatic rings. The van der Waals surface area contributed by atoms with Gasteiger partial charge in [0.1, 0.15) is 5.78 Å². The average molecular weight is 425 g/mol. The Morgan fingerprint density at radius 3 is 2.45 bits per heavy atom. The van der Waals surface area contributed by atoms with Crippen LogP contribution in [0.25, 0.3) is 0 Å². The van der Waals surface area contributed by atoms with Crippen LogP contribution in [0.4, 0.5) is 0 Å². The molecule has 0 aromatic heterocycles. The van der Waals surface area contributed by atoms with Gasteiger partial charge in [0, 0.05) is 12.3 Å². The summed E-state index contributed by atoms with van der Waals surface area (Å²) >= 11 is 0. The summed E-state index contributed by atoms with van der Waals surface area (Å²) in [7, 11) is 0. The molecule has 1 nitrogen and oxygen atoms in total. The molecular formula is C30H48O. The number of ketones is 1. The molecule has 0 aliphatic heterocycles. The minimum atomic E-state index is 0.335. The van der Waals surface area contributed by atoms with Crippen LogP contribution in [0.1, 0.15) is 112 Å². The molecule has 10 atom stereocenters. The lowest BCUT2D eigenvalue weighted by Crippen LogP contribution is -2.55. The molecule has 5 saturated carbocycles. The van der Waals surface area contributed by atoms with E-state index in [1.165, 1.54) is 69.8 Å². The van der Waals surface area contributed by atoms with Crippen molar-refractivity contribution in [2.45, 2.75) is 112 Å². The second-order valence-corrected chi connectivity index (χ2v) is 13.8. The van der Waals surface area contributed by atoms with Crippen molar-refractivity contribution >= 4 is 5.78 Å². The highest BCUT2D eigenvalue weighted by molar-refractivity contribution is 5.82. The fourth-order valence-corrected chi connectivity index (χ4v) is 10.8. The van der Waals surface area contributed by atoms with Gasteiger partial charge in [-0.1, -0.05) is 46.8 Å². The summed E-state index contributed by atoms with van der Waals surface area (Å²) in [5.41, 5.74) is 3.54. The van der Waals surface area contributed by atoms with Crippen molar-refractivity contribution in [3.05, 3.63) is 12.2 Å². The van der Waals surface area contributed by atoms with Gasteiger partial charge in [0.25, 0.3) is 0 Å². The molecule has 31 heavy (non-hydrogen) atoms. The van der Waals surface area contributed by atoms with Crippen molar-refractivity contribution in [1.29, 1.82) is 0 Å². The van der Waals surface area contributed by atoms with Crippen LogP contribution in [-0.2, 0) is 4.79 Å². The van der Waals surface area contributed by atoms with Gasteiger partial charge in [0.05, 0.1) is 0 Å². The van der Waals surface area contributed by atoms with Crippen LogP contribution in [0.2, 0.25) is 0 Å². The van der Waals surface area contributed by atoms with E-state index in [1.54, 1.807) is 0 Å². The van der Waals surface area contributed by atoms with E-state index in [4.69, 9.17) is 0 Å². The molecule has 5 aliphatic rings. The Bertz CT molecular complexity index is 781. The normalized spacial score (nSPS) is 52.4. The number of allylic oxidation sites excluding steroid dienone is 1. The number of carbonyl (C=O) groups is 1. The van der Waals surface area contributed by atoms with Gasteiger partial charge in [0.15, 0.2) is 0 Å².